The zero-order valence-electron chi connectivity index (χ0n) is 24.2. The van der Waals surface area contributed by atoms with Crippen LogP contribution >= 0.6 is 0 Å². The number of rotatable bonds is 5. The minimum Gasteiger partial charge on any atom is -0.508 e. The van der Waals surface area contributed by atoms with Crippen molar-refractivity contribution in [3.8, 4) is 57.3 Å². The van der Waals surface area contributed by atoms with Gasteiger partial charge in [0.1, 0.15) is 62.7 Å². The van der Waals surface area contributed by atoms with Gasteiger partial charge in [0.25, 0.3) is 0 Å². The maximum absolute atomic E-state index is 14.3. The molecule has 0 aliphatic heterocycles. The lowest BCUT2D eigenvalue weighted by molar-refractivity contribution is 0.0876. The molecule has 0 bridgehead atoms. The van der Waals surface area contributed by atoms with E-state index < -0.39 is 46.2 Å². The van der Waals surface area contributed by atoms with Gasteiger partial charge in [0.2, 0.25) is 0 Å². The van der Waals surface area contributed by atoms with Crippen molar-refractivity contribution in [1.82, 2.24) is 0 Å². The lowest BCUT2D eigenvalue weighted by atomic mass is 9.65. The van der Waals surface area contributed by atoms with Crippen LogP contribution in [0.5, 0.6) is 46.0 Å². The van der Waals surface area contributed by atoms with Crippen molar-refractivity contribution in [2.24, 2.45) is 5.92 Å². The van der Waals surface area contributed by atoms with E-state index in [1.165, 1.54) is 36.4 Å². The van der Waals surface area contributed by atoms with Gasteiger partial charge in [0.15, 0.2) is 11.2 Å². The summed E-state index contributed by atoms with van der Waals surface area (Å²) in [5, 5.41) is 83.8. The molecule has 3 atom stereocenters. The number of Topliss-reactive ketones (excluding diaryl/α,β-unsaturated/α-hetero) is 1. The lowest BCUT2D eigenvalue weighted by Gasteiger charge is -2.37. The number of hydrogen-bond donors (Lipinski definition) is 8. The lowest BCUT2D eigenvalue weighted by Crippen LogP contribution is -2.31. The third-order valence-corrected chi connectivity index (χ3v) is 8.38. The topological polar surface area (TPSA) is 209 Å². The second-order valence-corrected chi connectivity index (χ2v) is 11.4. The van der Waals surface area contributed by atoms with E-state index >= 15 is 0 Å². The summed E-state index contributed by atoms with van der Waals surface area (Å²) in [4.78, 5) is 27.7. The number of phenolic OH excluding ortho intramolecular Hbond substituents is 8. The molecule has 11 nitrogen and oxygen atoms in total. The first-order chi connectivity index (χ1) is 21.8. The SMILES string of the molecule is CC1=C[C@H](c2c(O)cc3oc(-c4ccc(O)cc4O)cc(=O)c3c2O)[C@H](C(=O)c2ccc(O)cc2O)[C@@H](c2ccc(O)cc2O)C1. The second-order valence-electron chi connectivity index (χ2n) is 11.4. The maximum atomic E-state index is 14.3. The monoisotopic (exact) mass is 624 g/mol. The normalized spacial score (nSPS) is 17.9. The third kappa shape index (κ3) is 5.07. The smallest absolute Gasteiger partial charge is 0.197 e. The highest BCUT2D eigenvalue weighted by Gasteiger charge is 2.43. The number of hydrogen-bond acceptors (Lipinski definition) is 11. The highest BCUT2D eigenvalue weighted by atomic mass is 16.3. The molecule has 0 saturated heterocycles. The van der Waals surface area contributed by atoms with Crippen LogP contribution in [0.2, 0.25) is 0 Å². The molecule has 6 rings (SSSR count). The number of ketones is 1. The first-order valence-corrected chi connectivity index (χ1v) is 14.1. The van der Waals surface area contributed by atoms with Gasteiger partial charge in [-0.25, -0.2) is 0 Å². The standard InChI is InChI=1S/C35H28O11/c1-15-8-22(19-5-2-16(36)10-24(19)39)31(34(44)21-7-4-18(38)12-26(21)41)23(9-15)32-27(42)14-30-33(35(32)45)28(43)13-29(46-30)20-6-3-17(37)11-25(20)40/h2-7,9-14,22-23,31,36-42,45H,8H2,1H3/t22-,23+,31-/m1/s1. The third-order valence-electron chi connectivity index (χ3n) is 8.38. The van der Waals surface area contributed by atoms with Crippen LogP contribution in [0.4, 0.5) is 0 Å². The number of carbonyl (C=O) groups is 1. The fourth-order valence-corrected chi connectivity index (χ4v) is 6.36. The summed E-state index contributed by atoms with van der Waals surface area (Å²) in [5.41, 5.74) is -0.236. The fourth-order valence-electron chi connectivity index (χ4n) is 6.36. The predicted molar refractivity (Wildman–Crippen MR) is 166 cm³/mol. The van der Waals surface area contributed by atoms with Gasteiger partial charge in [-0.3, -0.25) is 9.59 Å². The number of phenols is 8. The summed E-state index contributed by atoms with van der Waals surface area (Å²) in [6.07, 6.45) is 1.89. The van der Waals surface area contributed by atoms with E-state index in [0.717, 1.165) is 30.3 Å². The molecule has 1 heterocycles. The average molecular weight is 625 g/mol. The largest absolute Gasteiger partial charge is 0.508 e. The summed E-state index contributed by atoms with van der Waals surface area (Å²) >= 11 is 0. The Bertz CT molecular complexity index is 2140. The van der Waals surface area contributed by atoms with E-state index in [4.69, 9.17) is 4.42 Å². The minimum absolute atomic E-state index is 0.0709. The Hall–Kier alpha value is -6.10. The molecule has 1 aliphatic rings. The summed E-state index contributed by atoms with van der Waals surface area (Å²) in [6.45, 7) is 1.76. The number of allylic oxidation sites excluding steroid dienone is 2. The van der Waals surface area contributed by atoms with Crippen LogP contribution in [0.25, 0.3) is 22.3 Å². The van der Waals surface area contributed by atoms with E-state index in [1.807, 2.05) is 0 Å². The van der Waals surface area contributed by atoms with Gasteiger partial charge in [-0.2, -0.15) is 0 Å². The molecule has 0 amide bonds. The second kappa shape index (κ2) is 11.1. The molecule has 1 aromatic heterocycles. The van der Waals surface area contributed by atoms with Crippen molar-refractivity contribution < 1.29 is 50.1 Å². The van der Waals surface area contributed by atoms with E-state index in [9.17, 15) is 50.4 Å². The van der Waals surface area contributed by atoms with Crippen LogP contribution in [0, 0.1) is 5.92 Å². The van der Waals surface area contributed by atoms with Gasteiger partial charge in [-0.05, 0) is 49.2 Å². The Morgan fingerprint density at radius 2 is 1.37 bits per heavy atom. The zero-order valence-corrected chi connectivity index (χ0v) is 24.2. The van der Waals surface area contributed by atoms with Gasteiger partial charge in [0.05, 0.1) is 11.1 Å². The van der Waals surface area contributed by atoms with Crippen LogP contribution in [0.1, 0.15) is 46.7 Å². The zero-order chi connectivity index (χ0) is 33.0. The molecule has 11 heteroatoms. The summed E-state index contributed by atoms with van der Waals surface area (Å²) < 4.78 is 5.80. The first-order valence-electron chi connectivity index (χ1n) is 14.1. The van der Waals surface area contributed by atoms with Gasteiger partial charge >= 0.3 is 0 Å². The molecular formula is C35H28O11. The van der Waals surface area contributed by atoms with Crippen LogP contribution in [0.3, 0.4) is 0 Å². The van der Waals surface area contributed by atoms with Crippen LogP contribution < -0.4 is 5.43 Å². The fraction of sp³-hybridized carbons (Fsp3) is 0.143. The van der Waals surface area contributed by atoms with Crippen molar-refractivity contribution >= 4 is 16.8 Å². The summed E-state index contributed by atoms with van der Waals surface area (Å²) in [6, 6.07) is 13.2. The van der Waals surface area contributed by atoms with Gasteiger partial charge < -0.3 is 45.3 Å². The molecular weight excluding hydrogens is 596 g/mol. The Kier molecular flexibility index (Phi) is 7.24. The Labute approximate surface area is 260 Å². The van der Waals surface area contributed by atoms with Crippen molar-refractivity contribution in [3.63, 3.8) is 0 Å². The molecule has 4 aromatic carbocycles. The van der Waals surface area contributed by atoms with Crippen LogP contribution in [-0.2, 0) is 0 Å². The Morgan fingerprint density at radius 1 is 0.739 bits per heavy atom. The average Bonchev–Trinajstić information content (AvgIpc) is 2.96. The number of benzene rings is 4. The first kappa shape index (κ1) is 29.9. The number of carbonyl (C=O) groups excluding carboxylic acids is 1. The van der Waals surface area contributed by atoms with E-state index in [-0.39, 0.29) is 74.2 Å². The molecule has 0 unspecified atom stereocenters. The van der Waals surface area contributed by atoms with Crippen molar-refractivity contribution in [3.05, 3.63) is 105 Å². The highest BCUT2D eigenvalue weighted by molar-refractivity contribution is 6.02. The van der Waals surface area contributed by atoms with Crippen molar-refractivity contribution in [1.29, 1.82) is 0 Å². The molecule has 46 heavy (non-hydrogen) atoms. The van der Waals surface area contributed by atoms with Gasteiger partial charge in [-0.1, -0.05) is 17.7 Å². The van der Waals surface area contributed by atoms with E-state index in [0.29, 0.717) is 5.57 Å². The molecule has 1 aliphatic carbocycles. The van der Waals surface area contributed by atoms with E-state index in [1.54, 1.807) is 13.0 Å². The molecule has 0 spiro atoms. The van der Waals surface area contributed by atoms with Crippen LogP contribution in [-0.4, -0.2) is 46.6 Å². The highest BCUT2D eigenvalue weighted by Crippen LogP contribution is 2.53. The quantitative estimate of drug-likeness (QED) is 0.0862. The molecule has 5 aromatic rings. The molecule has 8 N–H and O–H groups in total. The Morgan fingerprint density at radius 3 is 2.02 bits per heavy atom. The molecule has 0 saturated carbocycles. The van der Waals surface area contributed by atoms with Gasteiger partial charge in [-0.15, -0.1) is 0 Å². The molecule has 0 fully saturated rings. The Balaban J connectivity index is 1.57. The van der Waals surface area contributed by atoms with Crippen molar-refractivity contribution in [2.75, 3.05) is 0 Å². The van der Waals surface area contributed by atoms with Crippen molar-refractivity contribution in [2.45, 2.75) is 25.2 Å². The maximum Gasteiger partial charge on any atom is 0.197 e. The molecule has 0 radical (unpaired) electrons. The van der Waals surface area contributed by atoms with Crippen LogP contribution in [0.15, 0.2) is 87.6 Å². The van der Waals surface area contributed by atoms with E-state index in [2.05, 4.69) is 0 Å². The summed E-state index contributed by atoms with van der Waals surface area (Å²) in [5.74, 6) is -6.96. The predicted octanol–water partition coefficient (Wildman–Crippen LogP) is 5.82. The molecule has 234 valence electrons. The minimum atomic E-state index is -1.19. The van der Waals surface area contributed by atoms with Gasteiger partial charge in [0, 0.05) is 53.6 Å². The number of fused-ring (bicyclic) bond motifs is 1. The summed E-state index contributed by atoms with van der Waals surface area (Å²) in [7, 11) is 0. The number of aromatic hydroxyl groups is 8.